The van der Waals surface area contributed by atoms with E-state index in [0.29, 0.717) is 6.54 Å². The molecule has 1 saturated carbocycles. The molecule has 0 aromatic carbocycles. The molecule has 1 aromatic heterocycles. The summed E-state index contributed by atoms with van der Waals surface area (Å²) in [5.41, 5.74) is 0. The van der Waals surface area contributed by atoms with Crippen LogP contribution >= 0.6 is 11.3 Å². The number of nitrogens with one attached hydrogen (secondary N) is 1. The molecule has 1 fully saturated rings. The quantitative estimate of drug-likeness (QED) is 0.821. The Morgan fingerprint density at radius 3 is 2.52 bits per heavy atom. The van der Waals surface area contributed by atoms with Crippen LogP contribution < -0.4 is 5.32 Å². The van der Waals surface area contributed by atoms with Crippen molar-refractivity contribution in [2.45, 2.75) is 26.3 Å². The predicted molar refractivity (Wildman–Crippen MR) is 80.9 cm³/mol. The molecule has 4 nitrogen and oxygen atoms in total. The number of carboxylic acids is 1. The summed E-state index contributed by atoms with van der Waals surface area (Å²) < 4.78 is 0. The highest BCUT2D eigenvalue weighted by Crippen LogP contribution is 2.48. The van der Waals surface area contributed by atoms with Crippen LogP contribution in [-0.2, 0) is 22.6 Å². The number of allylic oxidation sites excluding steroid dienone is 2. The molecule has 0 aliphatic heterocycles. The van der Waals surface area contributed by atoms with Crippen LogP contribution in [0.25, 0.3) is 0 Å². The first-order chi connectivity index (χ1) is 10.1. The first kappa shape index (κ1) is 14.3. The highest BCUT2D eigenvalue weighted by atomic mass is 32.1. The molecule has 0 saturated heterocycles. The van der Waals surface area contributed by atoms with E-state index < -0.39 is 17.8 Å². The largest absolute Gasteiger partial charge is 0.481 e. The summed E-state index contributed by atoms with van der Waals surface area (Å²) in [5.74, 6) is -1.83. The van der Waals surface area contributed by atoms with Crippen LogP contribution in [0.15, 0.2) is 24.3 Å². The van der Waals surface area contributed by atoms with Crippen molar-refractivity contribution in [1.29, 1.82) is 0 Å². The molecular formula is C16H19NO3S. The van der Waals surface area contributed by atoms with Crippen molar-refractivity contribution >= 4 is 23.2 Å². The molecule has 1 aromatic rings. The Kier molecular flexibility index (Phi) is 3.85. The van der Waals surface area contributed by atoms with E-state index >= 15 is 0 Å². The van der Waals surface area contributed by atoms with E-state index in [4.69, 9.17) is 0 Å². The molecule has 1 amide bonds. The van der Waals surface area contributed by atoms with E-state index in [1.807, 2.05) is 18.2 Å². The standard InChI is InChI=1S/C16H19NO3S/c1-2-11-5-6-12(21-11)8-17-15(18)13-9-3-4-10(7-9)14(13)16(19)20/h3-6,9-10,13-14H,2,7-8H2,1H3,(H,17,18)(H,19,20). The Bertz CT molecular complexity index is 592. The first-order valence-electron chi connectivity index (χ1n) is 7.36. The number of carbonyl (C=O) groups excluding carboxylic acids is 1. The van der Waals surface area contributed by atoms with Crippen LogP contribution in [-0.4, -0.2) is 17.0 Å². The predicted octanol–water partition coefficient (Wildman–Crippen LogP) is 2.45. The molecule has 112 valence electrons. The molecule has 3 rings (SSSR count). The smallest absolute Gasteiger partial charge is 0.307 e. The minimum atomic E-state index is -0.851. The Morgan fingerprint density at radius 2 is 1.90 bits per heavy atom. The lowest BCUT2D eigenvalue weighted by Gasteiger charge is -2.23. The number of aliphatic carboxylic acids is 1. The second-order valence-corrected chi connectivity index (χ2v) is 7.03. The Morgan fingerprint density at radius 1 is 1.24 bits per heavy atom. The zero-order valence-corrected chi connectivity index (χ0v) is 12.7. The van der Waals surface area contributed by atoms with Gasteiger partial charge in [0, 0.05) is 9.75 Å². The van der Waals surface area contributed by atoms with Crippen LogP contribution in [0.1, 0.15) is 23.1 Å². The molecule has 5 heteroatoms. The second kappa shape index (κ2) is 5.64. The van der Waals surface area contributed by atoms with Gasteiger partial charge in [-0.2, -0.15) is 0 Å². The van der Waals surface area contributed by atoms with E-state index in [9.17, 15) is 14.7 Å². The fraction of sp³-hybridized carbons (Fsp3) is 0.500. The molecule has 2 N–H and O–H groups in total. The highest BCUT2D eigenvalue weighted by molar-refractivity contribution is 7.11. The Balaban J connectivity index is 1.65. The number of fused-ring (bicyclic) bond motifs is 2. The van der Waals surface area contributed by atoms with Gasteiger partial charge in [-0.15, -0.1) is 11.3 Å². The van der Waals surface area contributed by atoms with Gasteiger partial charge in [-0.1, -0.05) is 19.1 Å². The van der Waals surface area contributed by atoms with E-state index in [1.54, 1.807) is 11.3 Å². The number of thiophene rings is 1. The van der Waals surface area contributed by atoms with Crippen molar-refractivity contribution < 1.29 is 14.7 Å². The summed E-state index contributed by atoms with van der Waals surface area (Å²) in [5, 5.41) is 12.3. The average molecular weight is 305 g/mol. The van der Waals surface area contributed by atoms with E-state index in [2.05, 4.69) is 18.3 Å². The monoisotopic (exact) mass is 305 g/mol. The second-order valence-electron chi connectivity index (χ2n) is 5.78. The third-order valence-electron chi connectivity index (χ3n) is 4.55. The van der Waals surface area contributed by atoms with Gasteiger partial charge in [0.25, 0.3) is 0 Å². The first-order valence-corrected chi connectivity index (χ1v) is 8.18. The number of hydrogen-bond acceptors (Lipinski definition) is 3. The molecule has 2 aliphatic rings. The number of rotatable bonds is 5. The molecule has 2 aliphatic carbocycles. The molecule has 0 radical (unpaired) electrons. The van der Waals surface area contributed by atoms with Crippen LogP contribution in [0, 0.1) is 23.7 Å². The summed E-state index contributed by atoms with van der Waals surface area (Å²) in [4.78, 5) is 26.2. The topological polar surface area (TPSA) is 66.4 Å². The van der Waals surface area contributed by atoms with Crippen molar-refractivity contribution in [3.8, 4) is 0 Å². The van der Waals surface area contributed by atoms with Crippen molar-refractivity contribution in [1.82, 2.24) is 5.32 Å². The fourth-order valence-corrected chi connectivity index (χ4v) is 4.41. The van der Waals surface area contributed by atoms with Gasteiger partial charge in [-0.3, -0.25) is 9.59 Å². The van der Waals surface area contributed by atoms with Crippen LogP contribution in [0.3, 0.4) is 0 Å². The number of carbonyl (C=O) groups is 2. The van der Waals surface area contributed by atoms with E-state index in [-0.39, 0.29) is 17.7 Å². The molecular weight excluding hydrogens is 286 g/mol. The summed E-state index contributed by atoms with van der Waals surface area (Å²) in [6.07, 6.45) is 5.76. The SMILES string of the molecule is CCc1ccc(CNC(=O)C2C3C=CC(C3)C2C(=O)O)s1. The molecule has 1 heterocycles. The van der Waals surface area contributed by atoms with Crippen LogP contribution in [0.4, 0.5) is 0 Å². The summed E-state index contributed by atoms with van der Waals surface area (Å²) in [6, 6.07) is 4.10. The highest BCUT2D eigenvalue weighted by Gasteiger charge is 2.51. The number of amides is 1. The molecule has 2 bridgehead atoms. The van der Waals surface area contributed by atoms with Gasteiger partial charge in [0.2, 0.25) is 5.91 Å². The maximum Gasteiger partial charge on any atom is 0.307 e. The minimum Gasteiger partial charge on any atom is -0.481 e. The van der Waals surface area contributed by atoms with Gasteiger partial charge >= 0.3 is 5.97 Å². The molecule has 0 spiro atoms. The zero-order valence-electron chi connectivity index (χ0n) is 11.9. The third-order valence-corrected chi connectivity index (χ3v) is 5.78. The maximum atomic E-state index is 12.4. The number of aryl methyl sites for hydroxylation is 1. The molecule has 21 heavy (non-hydrogen) atoms. The Labute approximate surface area is 127 Å². The van der Waals surface area contributed by atoms with Crippen molar-refractivity contribution in [3.05, 3.63) is 34.0 Å². The van der Waals surface area contributed by atoms with E-state index in [1.165, 1.54) is 4.88 Å². The van der Waals surface area contributed by atoms with Crippen LogP contribution in [0.2, 0.25) is 0 Å². The van der Waals surface area contributed by atoms with Gasteiger partial charge < -0.3 is 10.4 Å². The average Bonchev–Trinajstić information content (AvgIpc) is 3.18. The van der Waals surface area contributed by atoms with Gasteiger partial charge in [0.15, 0.2) is 0 Å². The summed E-state index contributed by atoms with van der Waals surface area (Å²) in [7, 11) is 0. The normalized spacial score (nSPS) is 29.8. The van der Waals surface area contributed by atoms with Gasteiger partial charge in [0.1, 0.15) is 0 Å². The number of hydrogen-bond donors (Lipinski definition) is 2. The molecule has 4 atom stereocenters. The summed E-state index contributed by atoms with van der Waals surface area (Å²) in [6.45, 7) is 2.60. The van der Waals surface area contributed by atoms with E-state index in [0.717, 1.165) is 17.7 Å². The lowest BCUT2D eigenvalue weighted by atomic mass is 9.82. The van der Waals surface area contributed by atoms with Gasteiger partial charge in [-0.05, 0) is 36.8 Å². The Hall–Kier alpha value is -1.62. The van der Waals surface area contributed by atoms with Gasteiger partial charge in [-0.25, -0.2) is 0 Å². The van der Waals surface area contributed by atoms with Crippen molar-refractivity contribution in [3.63, 3.8) is 0 Å². The fourth-order valence-electron chi connectivity index (χ4n) is 3.52. The lowest BCUT2D eigenvalue weighted by Crippen LogP contribution is -2.39. The number of carboxylic acid groups (broad SMARTS) is 1. The third kappa shape index (κ3) is 2.62. The van der Waals surface area contributed by atoms with Crippen molar-refractivity contribution in [2.75, 3.05) is 0 Å². The molecule has 4 unspecified atom stereocenters. The maximum absolute atomic E-state index is 12.4. The van der Waals surface area contributed by atoms with Crippen LogP contribution in [0.5, 0.6) is 0 Å². The zero-order chi connectivity index (χ0) is 15.0. The summed E-state index contributed by atoms with van der Waals surface area (Å²) >= 11 is 1.69. The lowest BCUT2D eigenvalue weighted by molar-refractivity contribution is -0.147. The van der Waals surface area contributed by atoms with Gasteiger partial charge in [0.05, 0.1) is 18.4 Å². The minimum absolute atomic E-state index is 0.0247. The van der Waals surface area contributed by atoms with Crippen molar-refractivity contribution in [2.24, 2.45) is 23.7 Å².